The SMILES string of the molecule is CCCC(CCCN)c1cc(CC)ccc1OCC. The lowest BCUT2D eigenvalue weighted by atomic mass is 9.88. The van der Waals surface area contributed by atoms with Crippen molar-refractivity contribution in [3.8, 4) is 5.75 Å². The van der Waals surface area contributed by atoms with E-state index in [-0.39, 0.29) is 0 Å². The van der Waals surface area contributed by atoms with Crippen molar-refractivity contribution in [3.63, 3.8) is 0 Å². The predicted molar refractivity (Wildman–Crippen MR) is 82.9 cm³/mol. The first-order valence-corrected chi connectivity index (χ1v) is 7.72. The van der Waals surface area contributed by atoms with E-state index >= 15 is 0 Å². The molecule has 2 heteroatoms. The fourth-order valence-corrected chi connectivity index (χ4v) is 2.59. The van der Waals surface area contributed by atoms with E-state index in [0.717, 1.165) is 38.2 Å². The third kappa shape index (κ3) is 4.87. The highest BCUT2D eigenvalue weighted by atomic mass is 16.5. The van der Waals surface area contributed by atoms with Crippen LogP contribution in [0.15, 0.2) is 18.2 Å². The Labute approximate surface area is 118 Å². The van der Waals surface area contributed by atoms with E-state index in [9.17, 15) is 0 Å². The summed E-state index contributed by atoms with van der Waals surface area (Å²) in [5.74, 6) is 1.65. The predicted octanol–water partition coefficient (Wildman–Crippen LogP) is 4.27. The average molecular weight is 263 g/mol. The monoisotopic (exact) mass is 263 g/mol. The smallest absolute Gasteiger partial charge is 0.122 e. The lowest BCUT2D eigenvalue weighted by Crippen LogP contribution is -2.07. The van der Waals surface area contributed by atoms with Gasteiger partial charge in [0.15, 0.2) is 0 Å². The van der Waals surface area contributed by atoms with E-state index in [1.54, 1.807) is 0 Å². The van der Waals surface area contributed by atoms with Crippen LogP contribution in [0.5, 0.6) is 5.75 Å². The van der Waals surface area contributed by atoms with Crippen molar-refractivity contribution in [2.75, 3.05) is 13.2 Å². The van der Waals surface area contributed by atoms with Crippen molar-refractivity contribution < 1.29 is 4.74 Å². The molecule has 0 amide bonds. The minimum Gasteiger partial charge on any atom is -0.494 e. The van der Waals surface area contributed by atoms with Gasteiger partial charge in [-0.15, -0.1) is 0 Å². The standard InChI is InChI=1S/C17H29NO/c1-4-8-15(9-7-12-18)16-13-14(5-2)10-11-17(16)19-6-3/h10-11,13,15H,4-9,12,18H2,1-3H3. The molecule has 2 nitrogen and oxygen atoms in total. The molecule has 1 aromatic rings. The summed E-state index contributed by atoms with van der Waals surface area (Å²) in [6, 6.07) is 6.66. The van der Waals surface area contributed by atoms with Gasteiger partial charge in [-0.2, -0.15) is 0 Å². The molecule has 108 valence electrons. The van der Waals surface area contributed by atoms with E-state index < -0.39 is 0 Å². The van der Waals surface area contributed by atoms with Gasteiger partial charge >= 0.3 is 0 Å². The first kappa shape index (κ1) is 16.0. The fraction of sp³-hybridized carbons (Fsp3) is 0.647. The summed E-state index contributed by atoms with van der Waals surface area (Å²) in [5.41, 5.74) is 8.45. The van der Waals surface area contributed by atoms with Gasteiger partial charge in [0, 0.05) is 0 Å². The maximum Gasteiger partial charge on any atom is 0.122 e. The number of rotatable bonds is 9. The average Bonchev–Trinajstić information content (AvgIpc) is 2.44. The van der Waals surface area contributed by atoms with E-state index in [1.165, 1.54) is 24.0 Å². The molecule has 0 bridgehead atoms. The van der Waals surface area contributed by atoms with Gasteiger partial charge in [0.2, 0.25) is 0 Å². The maximum atomic E-state index is 5.81. The summed E-state index contributed by atoms with van der Waals surface area (Å²) in [6.45, 7) is 8.01. The number of benzene rings is 1. The van der Waals surface area contributed by atoms with Gasteiger partial charge in [-0.05, 0) is 62.3 Å². The van der Waals surface area contributed by atoms with E-state index in [4.69, 9.17) is 10.5 Å². The topological polar surface area (TPSA) is 35.2 Å². The molecular weight excluding hydrogens is 234 g/mol. The van der Waals surface area contributed by atoms with Crippen LogP contribution in [0, 0.1) is 0 Å². The molecule has 1 unspecified atom stereocenters. The second-order valence-electron chi connectivity index (χ2n) is 5.08. The van der Waals surface area contributed by atoms with Crippen LogP contribution in [0.2, 0.25) is 0 Å². The molecule has 2 N–H and O–H groups in total. The molecule has 1 aromatic carbocycles. The molecular formula is C17H29NO. The lowest BCUT2D eigenvalue weighted by molar-refractivity contribution is 0.331. The molecule has 0 aliphatic heterocycles. The van der Waals surface area contributed by atoms with Crippen LogP contribution in [-0.4, -0.2) is 13.2 Å². The lowest BCUT2D eigenvalue weighted by Gasteiger charge is -2.21. The highest BCUT2D eigenvalue weighted by molar-refractivity contribution is 5.40. The fourth-order valence-electron chi connectivity index (χ4n) is 2.59. The maximum absolute atomic E-state index is 5.81. The Balaban J connectivity index is 3.01. The van der Waals surface area contributed by atoms with Crippen molar-refractivity contribution in [3.05, 3.63) is 29.3 Å². The Morgan fingerprint density at radius 3 is 2.53 bits per heavy atom. The van der Waals surface area contributed by atoms with Crippen molar-refractivity contribution in [1.29, 1.82) is 0 Å². The van der Waals surface area contributed by atoms with Crippen LogP contribution in [-0.2, 0) is 6.42 Å². The van der Waals surface area contributed by atoms with Gasteiger partial charge in [-0.1, -0.05) is 32.4 Å². The quantitative estimate of drug-likeness (QED) is 0.722. The third-order valence-electron chi connectivity index (χ3n) is 3.62. The largest absolute Gasteiger partial charge is 0.494 e. The molecule has 0 saturated carbocycles. The summed E-state index contributed by atoms with van der Waals surface area (Å²) in [4.78, 5) is 0. The molecule has 0 heterocycles. The van der Waals surface area contributed by atoms with Gasteiger partial charge in [-0.25, -0.2) is 0 Å². The minimum atomic E-state index is 0.585. The second kappa shape index (κ2) is 8.98. The third-order valence-corrected chi connectivity index (χ3v) is 3.62. The molecule has 0 saturated heterocycles. The van der Waals surface area contributed by atoms with Crippen LogP contribution in [0.4, 0.5) is 0 Å². The zero-order valence-electron chi connectivity index (χ0n) is 12.7. The summed E-state index contributed by atoms with van der Waals surface area (Å²) >= 11 is 0. The van der Waals surface area contributed by atoms with Crippen LogP contribution >= 0.6 is 0 Å². The first-order valence-electron chi connectivity index (χ1n) is 7.72. The summed E-state index contributed by atoms with van der Waals surface area (Å²) in [6.07, 6.45) is 5.75. The molecule has 0 spiro atoms. The molecule has 0 fully saturated rings. The summed E-state index contributed by atoms with van der Waals surface area (Å²) in [7, 11) is 0. The molecule has 0 aliphatic carbocycles. The van der Waals surface area contributed by atoms with E-state index in [0.29, 0.717) is 5.92 Å². The normalized spacial score (nSPS) is 12.4. The molecule has 1 rings (SSSR count). The zero-order chi connectivity index (χ0) is 14.1. The van der Waals surface area contributed by atoms with Crippen molar-refractivity contribution in [2.24, 2.45) is 5.73 Å². The van der Waals surface area contributed by atoms with Gasteiger partial charge in [0.25, 0.3) is 0 Å². The second-order valence-corrected chi connectivity index (χ2v) is 5.08. The number of nitrogens with two attached hydrogens (primary N) is 1. The number of hydrogen-bond donors (Lipinski definition) is 1. The van der Waals surface area contributed by atoms with Gasteiger partial charge in [0.1, 0.15) is 5.75 Å². The Morgan fingerprint density at radius 1 is 1.16 bits per heavy atom. The summed E-state index contributed by atoms with van der Waals surface area (Å²) in [5, 5.41) is 0. The Kier molecular flexibility index (Phi) is 7.57. The Hall–Kier alpha value is -1.02. The van der Waals surface area contributed by atoms with Gasteiger partial charge in [0.05, 0.1) is 6.61 Å². The number of aryl methyl sites for hydroxylation is 1. The first-order chi connectivity index (χ1) is 9.26. The summed E-state index contributed by atoms with van der Waals surface area (Å²) < 4.78 is 5.81. The van der Waals surface area contributed by atoms with Gasteiger partial charge in [-0.3, -0.25) is 0 Å². The number of ether oxygens (including phenoxy) is 1. The van der Waals surface area contributed by atoms with Crippen molar-refractivity contribution >= 4 is 0 Å². The van der Waals surface area contributed by atoms with Crippen LogP contribution in [0.3, 0.4) is 0 Å². The minimum absolute atomic E-state index is 0.585. The van der Waals surface area contributed by atoms with Crippen LogP contribution < -0.4 is 10.5 Å². The van der Waals surface area contributed by atoms with Gasteiger partial charge < -0.3 is 10.5 Å². The molecule has 0 aliphatic rings. The van der Waals surface area contributed by atoms with Crippen LogP contribution in [0.1, 0.15) is 63.5 Å². The number of hydrogen-bond acceptors (Lipinski definition) is 2. The Bertz CT molecular complexity index is 362. The zero-order valence-corrected chi connectivity index (χ0v) is 12.7. The molecule has 0 radical (unpaired) electrons. The Morgan fingerprint density at radius 2 is 1.95 bits per heavy atom. The van der Waals surface area contributed by atoms with E-state index in [1.807, 2.05) is 6.92 Å². The van der Waals surface area contributed by atoms with Crippen LogP contribution in [0.25, 0.3) is 0 Å². The van der Waals surface area contributed by atoms with Crippen molar-refractivity contribution in [2.45, 2.75) is 58.8 Å². The highest BCUT2D eigenvalue weighted by Crippen LogP contribution is 2.34. The molecule has 0 aromatic heterocycles. The molecule has 19 heavy (non-hydrogen) atoms. The van der Waals surface area contributed by atoms with E-state index in [2.05, 4.69) is 32.0 Å². The van der Waals surface area contributed by atoms with Crippen molar-refractivity contribution in [1.82, 2.24) is 0 Å². The highest BCUT2D eigenvalue weighted by Gasteiger charge is 2.16. The molecule has 1 atom stereocenters.